The molecule has 0 saturated carbocycles. The summed E-state index contributed by atoms with van der Waals surface area (Å²) in [5.74, 6) is 0. The van der Waals surface area contributed by atoms with Crippen molar-refractivity contribution in [3.05, 3.63) is 60.3 Å². The summed E-state index contributed by atoms with van der Waals surface area (Å²) in [6, 6.07) is 16.6. The highest BCUT2D eigenvalue weighted by molar-refractivity contribution is 6.09. The first-order valence-corrected chi connectivity index (χ1v) is 6.37. The highest BCUT2D eigenvalue weighted by Crippen LogP contribution is 2.28. The smallest absolute Gasteiger partial charge is 0.0717 e. The number of aryl methyl sites for hydroxylation is 1. The molecule has 0 fully saturated rings. The van der Waals surface area contributed by atoms with Crippen molar-refractivity contribution in [1.29, 1.82) is 0 Å². The summed E-state index contributed by atoms with van der Waals surface area (Å²) in [7, 11) is 0. The molecular formula is C17H12N2. The topological polar surface area (TPSA) is 25.8 Å². The van der Waals surface area contributed by atoms with E-state index < -0.39 is 0 Å². The summed E-state index contributed by atoms with van der Waals surface area (Å²) in [6.07, 6.45) is 1.86. The maximum atomic E-state index is 4.74. The molecule has 90 valence electrons. The lowest BCUT2D eigenvalue weighted by Gasteiger charge is -2.07. The van der Waals surface area contributed by atoms with Gasteiger partial charge < -0.3 is 0 Å². The van der Waals surface area contributed by atoms with Crippen molar-refractivity contribution in [1.82, 2.24) is 9.97 Å². The van der Waals surface area contributed by atoms with Crippen molar-refractivity contribution in [2.24, 2.45) is 0 Å². The van der Waals surface area contributed by atoms with E-state index in [0.717, 1.165) is 16.6 Å². The van der Waals surface area contributed by atoms with Gasteiger partial charge in [0.15, 0.2) is 0 Å². The Hall–Kier alpha value is -2.48. The van der Waals surface area contributed by atoms with E-state index in [1.54, 1.807) is 0 Å². The van der Waals surface area contributed by atoms with Crippen molar-refractivity contribution in [3.63, 3.8) is 0 Å². The van der Waals surface area contributed by atoms with E-state index in [1.807, 2.05) is 24.4 Å². The number of para-hydroxylation sites is 1. The molecule has 4 aromatic rings. The van der Waals surface area contributed by atoms with E-state index >= 15 is 0 Å². The molecule has 2 heteroatoms. The van der Waals surface area contributed by atoms with Gasteiger partial charge in [0.2, 0.25) is 0 Å². The summed E-state index contributed by atoms with van der Waals surface area (Å²) in [5, 5.41) is 3.56. The summed E-state index contributed by atoms with van der Waals surface area (Å²) in [6.45, 7) is 2.12. The number of hydrogen-bond acceptors (Lipinski definition) is 2. The van der Waals surface area contributed by atoms with Gasteiger partial charge in [-0.15, -0.1) is 0 Å². The minimum atomic E-state index is 1.03. The molecule has 0 radical (unpaired) electrons. The van der Waals surface area contributed by atoms with E-state index in [2.05, 4.69) is 42.2 Å². The number of aromatic nitrogens is 2. The molecule has 0 aliphatic rings. The highest BCUT2D eigenvalue weighted by Gasteiger charge is 2.06. The number of nitrogens with zero attached hydrogens (tertiary/aromatic N) is 2. The Balaban J connectivity index is 2.29. The van der Waals surface area contributed by atoms with E-state index in [-0.39, 0.29) is 0 Å². The van der Waals surface area contributed by atoms with Crippen LogP contribution in [-0.4, -0.2) is 9.97 Å². The lowest BCUT2D eigenvalue weighted by molar-refractivity contribution is 1.37. The minimum absolute atomic E-state index is 1.03. The van der Waals surface area contributed by atoms with Gasteiger partial charge in [-0.3, -0.25) is 4.98 Å². The SMILES string of the molecule is Cc1ccnc2ccc3nc4ccccc4cc3c12. The quantitative estimate of drug-likeness (QED) is 0.341. The molecule has 0 atom stereocenters. The average Bonchev–Trinajstić information content (AvgIpc) is 2.45. The third-order valence-corrected chi connectivity index (χ3v) is 3.61. The van der Waals surface area contributed by atoms with E-state index in [0.29, 0.717) is 0 Å². The molecule has 0 saturated heterocycles. The Bertz CT molecular complexity index is 926. The van der Waals surface area contributed by atoms with Crippen molar-refractivity contribution < 1.29 is 0 Å². The van der Waals surface area contributed by atoms with Crippen LogP contribution in [-0.2, 0) is 0 Å². The Kier molecular flexibility index (Phi) is 2.06. The van der Waals surface area contributed by atoms with Gasteiger partial charge in [0.1, 0.15) is 0 Å². The maximum absolute atomic E-state index is 4.74. The van der Waals surface area contributed by atoms with Crippen LogP contribution in [0.2, 0.25) is 0 Å². The van der Waals surface area contributed by atoms with Crippen LogP contribution in [0.1, 0.15) is 5.56 Å². The molecule has 0 unspecified atom stereocenters. The zero-order valence-corrected chi connectivity index (χ0v) is 10.6. The summed E-state index contributed by atoms with van der Waals surface area (Å²) >= 11 is 0. The molecule has 0 spiro atoms. The maximum Gasteiger partial charge on any atom is 0.0717 e. The van der Waals surface area contributed by atoms with Gasteiger partial charge >= 0.3 is 0 Å². The monoisotopic (exact) mass is 244 g/mol. The number of hydrogen-bond donors (Lipinski definition) is 0. The summed E-state index contributed by atoms with van der Waals surface area (Å²) < 4.78 is 0. The summed E-state index contributed by atoms with van der Waals surface area (Å²) in [5.41, 5.74) is 4.34. The van der Waals surface area contributed by atoms with Gasteiger partial charge in [0.05, 0.1) is 16.6 Å². The van der Waals surface area contributed by atoms with Gasteiger partial charge in [0.25, 0.3) is 0 Å². The molecule has 0 amide bonds. The van der Waals surface area contributed by atoms with Crippen molar-refractivity contribution in [3.8, 4) is 0 Å². The van der Waals surface area contributed by atoms with Crippen LogP contribution in [0.25, 0.3) is 32.7 Å². The second-order valence-corrected chi connectivity index (χ2v) is 4.84. The largest absolute Gasteiger partial charge is 0.256 e. The third-order valence-electron chi connectivity index (χ3n) is 3.61. The van der Waals surface area contributed by atoms with E-state index in [1.165, 1.54) is 21.7 Å². The van der Waals surface area contributed by atoms with Crippen molar-refractivity contribution >= 4 is 32.7 Å². The van der Waals surface area contributed by atoms with Gasteiger partial charge in [-0.05, 0) is 42.8 Å². The molecule has 2 heterocycles. The zero-order chi connectivity index (χ0) is 12.8. The Morgan fingerprint density at radius 3 is 2.63 bits per heavy atom. The Labute approximate surface area is 110 Å². The fourth-order valence-electron chi connectivity index (χ4n) is 2.67. The van der Waals surface area contributed by atoms with Crippen LogP contribution in [0.15, 0.2) is 54.7 Å². The molecule has 19 heavy (non-hydrogen) atoms. The minimum Gasteiger partial charge on any atom is -0.256 e. The van der Waals surface area contributed by atoms with Crippen LogP contribution in [0.5, 0.6) is 0 Å². The van der Waals surface area contributed by atoms with E-state index in [4.69, 9.17) is 4.98 Å². The molecular weight excluding hydrogens is 232 g/mol. The number of pyridine rings is 2. The number of fused-ring (bicyclic) bond motifs is 4. The predicted octanol–water partition coefficient (Wildman–Crippen LogP) is 4.24. The molecule has 4 rings (SSSR count). The molecule has 0 N–H and O–H groups in total. The molecule has 0 aliphatic heterocycles. The second-order valence-electron chi connectivity index (χ2n) is 4.84. The van der Waals surface area contributed by atoms with Crippen LogP contribution in [0, 0.1) is 6.92 Å². The van der Waals surface area contributed by atoms with Crippen LogP contribution in [0.4, 0.5) is 0 Å². The summed E-state index contributed by atoms with van der Waals surface area (Å²) in [4.78, 5) is 9.19. The first-order valence-electron chi connectivity index (χ1n) is 6.37. The highest BCUT2D eigenvalue weighted by atomic mass is 14.7. The molecule has 2 aromatic heterocycles. The number of benzene rings is 2. The van der Waals surface area contributed by atoms with Crippen molar-refractivity contribution in [2.45, 2.75) is 6.92 Å². The predicted molar refractivity (Wildman–Crippen MR) is 79.3 cm³/mol. The fraction of sp³-hybridized carbons (Fsp3) is 0.0588. The fourth-order valence-corrected chi connectivity index (χ4v) is 2.67. The average molecular weight is 244 g/mol. The lowest BCUT2D eigenvalue weighted by Crippen LogP contribution is -1.87. The third kappa shape index (κ3) is 1.50. The first kappa shape index (κ1) is 10.4. The molecule has 0 aliphatic carbocycles. The van der Waals surface area contributed by atoms with Crippen LogP contribution < -0.4 is 0 Å². The van der Waals surface area contributed by atoms with Gasteiger partial charge in [-0.25, -0.2) is 4.98 Å². The van der Waals surface area contributed by atoms with Crippen molar-refractivity contribution in [2.75, 3.05) is 0 Å². The molecule has 0 bridgehead atoms. The Morgan fingerprint density at radius 1 is 0.842 bits per heavy atom. The number of rotatable bonds is 0. The molecule has 2 nitrogen and oxygen atoms in total. The van der Waals surface area contributed by atoms with Gasteiger partial charge in [0, 0.05) is 22.4 Å². The van der Waals surface area contributed by atoms with Crippen LogP contribution >= 0.6 is 0 Å². The Morgan fingerprint density at radius 2 is 1.68 bits per heavy atom. The van der Waals surface area contributed by atoms with E-state index in [9.17, 15) is 0 Å². The van der Waals surface area contributed by atoms with Gasteiger partial charge in [-0.2, -0.15) is 0 Å². The normalized spacial score (nSPS) is 11.4. The second kappa shape index (κ2) is 3.75. The lowest BCUT2D eigenvalue weighted by atomic mass is 10.0. The standard InChI is InChI=1S/C17H12N2/c1-11-8-9-18-16-7-6-15-13(17(11)16)10-12-4-2-3-5-14(12)19-15/h2-10H,1H3. The zero-order valence-electron chi connectivity index (χ0n) is 10.6. The first-order chi connectivity index (χ1) is 9.33. The molecule has 2 aromatic carbocycles. The van der Waals surface area contributed by atoms with Gasteiger partial charge in [-0.1, -0.05) is 18.2 Å². The van der Waals surface area contributed by atoms with Crippen LogP contribution in [0.3, 0.4) is 0 Å².